The number of morpholine rings is 1. The largest absolute Gasteiger partial charge is 0.497 e. The van der Waals surface area contributed by atoms with Crippen LogP contribution in [0.4, 0.5) is 17.5 Å². The van der Waals surface area contributed by atoms with Crippen LogP contribution in [-0.2, 0) is 4.74 Å². The normalized spacial score (nSPS) is 14.8. The number of nitrogens with zero attached hydrogens (tertiary/aromatic N) is 4. The molecule has 7 heteroatoms. The molecule has 0 bridgehead atoms. The van der Waals surface area contributed by atoms with Crippen LogP contribution in [0.15, 0.2) is 30.5 Å². The first-order chi connectivity index (χ1) is 10.3. The predicted octanol–water partition coefficient (Wildman–Crippen LogP) is 1.46. The molecular weight excluding hydrogens is 270 g/mol. The molecule has 1 N–H and O–H groups in total. The summed E-state index contributed by atoms with van der Waals surface area (Å²) in [6, 6.07) is 7.63. The van der Waals surface area contributed by atoms with Gasteiger partial charge in [-0.05, 0) is 24.3 Å². The summed E-state index contributed by atoms with van der Waals surface area (Å²) in [5.41, 5.74) is 0.921. The summed E-state index contributed by atoms with van der Waals surface area (Å²) in [6.45, 7) is 2.96. The van der Waals surface area contributed by atoms with Crippen LogP contribution in [0.1, 0.15) is 0 Å². The highest BCUT2D eigenvalue weighted by atomic mass is 16.5. The average Bonchev–Trinajstić information content (AvgIpc) is 2.57. The van der Waals surface area contributed by atoms with E-state index in [0.717, 1.165) is 24.5 Å². The van der Waals surface area contributed by atoms with E-state index in [0.29, 0.717) is 25.0 Å². The van der Waals surface area contributed by atoms with E-state index in [-0.39, 0.29) is 0 Å². The Hall–Kier alpha value is -2.41. The number of ether oxygens (including phenoxy) is 2. The molecule has 110 valence electrons. The summed E-state index contributed by atoms with van der Waals surface area (Å²) in [6.07, 6.45) is 1.61. The Labute approximate surface area is 122 Å². The summed E-state index contributed by atoms with van der Waals surface area (Å²) in [7, 11) is 1.64. The number of methoxy groups -OCH3 is 1. The highest BCUT2D eigenvalue weighted by Crippen LogP contribution is 2.19. The van der Waals surface area contributed by atoms with Crippen LogP contribution in [0.5, 0.6) is 5.75 Å². The van der Waals surface area contributed by atoms with Gasteiger partial charge in [0.05, 0.1) is 26.5 Å². The number of benzene rings is 1. The van der Waals surface area contributed by atoms with Gasteiger partial charge >= 0.3 is 0 Å². The van der Waals surface area contributed by atoms with Crippen molar-refractivity contribution in [2.45, 2.75) is 0 Å². The molecule has 1 aliphatic heterocycles. The number of rotatable bonds is 4. The van der Waals surface area contributed by atoms with E-state index in [1.165, 1.54) is 0 Å². The Morgan fingerprint density at radius 1 is 1.19 bits per heavy atom. The Morgan fingerprint density at radius 3 is 2.67 bits per heavy atom. The van der Waals surface area contributed by atoms with E-state index < -0.39 is 0 Å². The summed E-state index contributed by atoms with van der Waals surface area (Å²) in [5, 5.41) is 11.3. The molecule has 0 saturated carbocycles. The molecule has 0 amide bonds. The van der Waals surface area contributed by atoms with Crippen LogP contribution < -0.4 is 15.0 Å². The summed E-state index contributed by atoms with van der Waals surface area (Å²) < 4.78 is 10.5. The maximum atomic E-state index is 5.32. The van der Waals surface area contributed by atoms with E-state index in [2.05, 4.69) is 25.4 Å². The molecule has 0 spiro atoms. The van der Waals surface area contributed by atoms with Crippen molar-refractivity contribution < 1.29 is 9.47 Å². The van der Waals surface area contributed by atoms with Gasteiger partial charge in [0.2, 0.25) is 5.95 Å². The molecule has 0 unspecified atom stereocenters. The average molecular weight is 287 g/mol. The quantitative estimate of drug-likeness (QED) is 0.912. The first kappa shape index (κ1) is 13.6. The number of nitrogens with one attached hydrogen (secondary N) is 1. The molecule has 21 heavy (non-hydrogen) atoms. The molecular formula is C14H17N5O2. The minimum atomic E-state index is 0.622. The summed E-state index contributed by atoms with van der Waals surface area (Å²) >= 11 is 0. The highest BCUT2D eigenvalue weighted by Gasteiger charge is 2.14. The third kappa shape index (κ3) is 3.38. The first-order valence-electron chi connectivity index (χ1n) is 6.78. The van der Waals surface area contributed by atoms with E-state index in [1.54, 1.807) is 13.3 Å². The van der Waals surface area contributed by atoms with Crippen LogP contribution in [0.25, 0.3) is 0 Å². The fraction of sp³-hybridized carbons (Fsp3) is 0.357. The van der Waals surface area contributed by atoms with Crippen molar-refractivity contribution in [1.29, 1.82) is 0 Å². The number of hydrogen-bond donors (Lipinski definition) is 1. The number of anilines is 3. The van der Waals surface area contributed by atoms with Gasteiger partial charge in [0.1, 0.15) is 5.75 Å². The molecule has 0 atom stereocenters. The zero-order chi connectivity index (χ0) is 14.5. The Balaban J connectivity index is 1.72. The van der Waals surface area contributed by atoms with Crippen LogP contribution in [0.3, 0.4) is 0 Å². The van der Waals surface area contributed by atoms with Gasteiger partial charge in [-0.15, -0.1) is 5.10 Å². The van der Waals surface area contributed by atoms with Gasteiger partial charge < -0.3 is 19.7 Å². The van der Waals surface area contributed by atoms with Gasteiger partial charge in [0.25, 0.3) is 0 Å². The van der Waals surface area contributed by atoms with Gasteiger partial charge in [-0.3, -0.25) is 0 Å². The van der Waals surface area contributed by atoms with Crippen molar-refractivity contribution in [1.82, 2.24) is 15.2 Å². The van der Waals surface area contributed by atoms with Crippen molar-refractivity contribution >= 4 is 17.5 Å². The monoisotopic (exact) mass is 287 g/mol. The molecule has 1 aromatic carbocycles. The van der Waals surface area contributed by atoms with Crippen molar-refractivity contribution in [3.63, 3.8) is 0 Å². The Morgan fingerprint density at radius 2 is 1.95 bits per heavy atom. The molecule has 1 aliphatic rings. The molecule has 1 saturated heterocycles. The molecule has 0 radical (unpaired) electrons. The second-order valence-electron chi connectivity index (χ2n) is 4.59. The zero-order valence-electron chi connectivity index (χ0n) is 11.8. The third-order valence-electron chi connectivity index (χ3n) is 3.20. The fourth-order valence-corrected chi connectivity index (χ4v) is 2.07. The Kier molecular flexibility index (Phi) is 4.11. The fourth-order valence-electron chi connectivity index (χ4n) is 2.07. The third-order valence-corrected chi connectivity index (χ3v) is 3.20. The number of aromatic nitrogens is 3. The molecule has 1 aromatic heterocycles. The summed E-state index contributed by atoms with van der Waals surface area (Å²) in [5.74, 6) is 2.10. The van der Waals surface area contributed by atoms with Crippen molar-refractivity contribution in [2.75, 3.05) is 43.6 Å². The van der Waals surface area contributed by atoms with Crippen molar-refractivity contribution in [3.05, 3.63) is 30.5 Å². The van der Waals surface area contributed by atoms with Crippen molar-refractivity contribution in [2.24, 2.45) is 0 Å². The maximum Gasteiger partial charge on any atom is 0.247 e. The lowest BCUT2D eigenvalue weighted by Crippen LogP contribution is -2.37. The van der Waals surface area contributed by atoms with Gasteiger partial charge in [-0.25, -0.2) is 0 Å². The predicted molar refractivity (Wildman–Crippen MR) is 79.1 cm³/mol. The molecule has 2 heterocycles. The first-order valence-corrected chi connectivity index (χ1v) is 6.78. The topological polar surface area (TPSA) is 72.4 Å². The maximum absolute atomic E-state index is 5.32. The molecule has 2 aromatic rings. The standard InChI is InChI=1S/C14H17N5O2/c1-20-12-4-2-11(3-5-12)16-13-10-15-18-14(17-13)19-6-8-21-9-7-19/h2-5,10H,6-9H2,1H3,(H,16,17,18). The highest BCUT2D eigenvalue weighted by molar-refractivity contribution is 5.57. The van der Waals surface area contributed by atoms with Gasteiger partial charge in [0.15, 0.2) is 5.82 Å². The SMILES string of the molecule is COc1ccc(Nc2cnnc(N3CCOCC3)n2)cc1. The van der Waals surface area contributed by atoms with E-state index in [9.17, 15) is 0 Å². The van der Waals surface area contributed by atoms with Crippen LogP contribution in [0, 0.1) is 0 Å². The smallest absolute Gasteiger partial charge is 0.247 e. The lowest BCUT2D eigenvalue weighted by molar-refractivity contribution is 0.122. The molecule has 0 aliphatic carbocycles. The molecule has 7 nitrogen and oxygen atoms in total. The number of hydrogen-bond acceptors (Lipinski definition) is 7. The minimum Gasteiger partial charge on any atom is -0.497 e. The summed E-state index contributed by atoms with van der Waals surface area (Å²) in [4.78, 5) is 6.55. The van der Waals surface area contributed by atoms with E-state index in [4.69, 9.17) is 9.47 Å². The van der Waals surface area contributed by atoms with Crippen LogP contribution in [-0.4, -0.2) is 48.6 Å². The van der Waals surface area contributed by atoms with Crippen LogP contribution in [0.2, 0.25) is 0 Å². The van der Waals surface area contributed by atoms with Gasteiger partial charge in [-0.1, -0.05) is 0 Å². The minimum absolute atomic E-state index is 0.622. The second-order valence-corrected chi connectivity index (χ2v) is 4.59. The van der Waals surface area contributed by atoms with E-state index in [1.807, 2.05) is 24.3 Å². The molecule has 1 fully saturated rings. The van der Waals surface area contributed by atoms with Gasteiger partial charge in [0, 0.05) is 18.8 Å². The zero-order valence-corrected chi connectivity index (χ0v) is 11.8. The molecule has 3 rings (SSSR count). The Bertz CT molecular complexity index is 584. The van der Waals surface area contributed by atoms with E-state index >= 15 is 0 Å². The lowest BCUT2D eigenvalue weighted by atomic mass is 10.3. The van der Waals surface area contributed by atoms with Crippen LogP contribution >= 0.6 is 0 Å². The van der Waals surface area contributed by atoms with Crippen molar-refractivity contribution in [3.8, 4) is 5.75 Å². The second kappa shape index (κ2) is 6.36. The lowest BCUT2D eigenvalue weighted by Gasteiger charge is -2.26. The van der Waals surface area contributed by atoms with Gasteiger partial charge in [-0.2, -0.15) is 10.1 Å².